The molecule has 0 atom stereocenters. The predicted octanol–water partition coefficient (Wildman–Crippen LogP) is 6.94. The number of unbranched alkanes of at least 4 members (excludes halogenated alkanes) is 9. The molecule has 0 aliphatic carbocycles. The molecule has 6 heteroatoms. The summed E-state index contributed by atoms with van der Waals surface area (Å²) >= 11 is 0. The van der Waals surface area contributed by atoms with Gasteiger partial charge in [0.1, 0.15) is 6.61 Å². The Morgan fingerprint density at radius 1 is 0.857 bits per heavy atom. The van der Waals surface area contributed by atoms with Gasteiger partial charge in [-0.1, -0.05) is 95.0 Å². The van der Waals surface area contributed by atoms with Crippen LogP contribution < -0.4 is 9.47 Å². The summed E-state index contributed by atoms with van der Waals surface area (Å²) in [7, 11) is -2.00. The summed E-state index contributed by atoms with van der Waals surface area (Å²) in [6, 6.07) is 14.9. The van der Waals surface area contributed by atoms with Gasteiger partial charge in [0, 0.05) is 0 Å². The molecule has 0 amide bonds. The largest absolute Gasteiger partial charge is 0.493 e. The first kappa shape index (κ1) is 28.9. The van der Waals surface area contributed by atoms with Crippen LogP contribution >= 0.6 is 0 Å². The number of methoxy groups -OCH3 is 1. The van der Waals surface area contributed by atoms with E-state index in [1.54, 1.807) is 18.2 Å². The Kier molecular flexibility index (Phi) is 13.5. The van der Waals surface area contributed by atoms with Crippen LogP contribution in [0, 0.1) is 0 Å². The van der Waals surface area contributed by atoms with Crippen LogP contribution in [0.3, 0.4) is 0 Å². The molecular formula is C29H42O5S. The van der Waals surface area contributed by atoms with Gasteiger partial charge in [-0.25, -0.2) is 8.42 Å². The third-order valence-electron chi connectivity index (χ3n) is 6.06. The lowest BCUT2D eigenvalue weighted by Gasteiger charge is -2.14. The summed E-state index contributed by atoms with van der Waals surface area (Å²) in [5.41, 5.74) is 1.52. The van der Waals surface area contributed by atoms with Crippen molar-refractivity contribution in [2.24, 2.45) is 0 Å². The van der Waals surface area contributed by atoms with E-state index in [1.165, 1.54) is 51.7 Å². The van der Waals surface area contributed by atoms with Crippen LogP contribution in [-0.4, -0.2) is 33.0 Å². The van der Waals surface area contributed by atoms with Gasteiger partial charge in [0.2, 0.25) is 0 Å². The first-order valence-corrected chi connectivity index (χ1v) is 14.6. The number of benzene rings is 2. The average molecular weight is 503 g/mol. The fourth-order valence-corrected chi connectivity index (χ4v) is 5.69. The van der Waals surface area contributed by atoms with E-state index in [0.29, 0.717) is 30.1 Å². The van der Waals surface area contributed by atoms with Crippen LogP contribution in [-0.2, 0) is 16.4 Å². The van der Waals surface area contributed by atoms with Crippen molar-refractivity contribution in [3.8, 4) is 11.5 Å². The Hall–Kier alpha value is -2.31. The smallest absolute Gasteiger partial charge is 0.178 e. The van der Waals surface area contributed by atoms with Gasteiger partial charge in [-0.05, 0) is 41.8 Å². The zero-order valence-corrected chi connectivity index (χ0v) is 22.2. The molecule has 0 radical (unpaired) electrons. The first-order valence-electron chi connectivity index (χ1n) is 12.9. The van der Waals surface area contributed by atoms with Crippen molar-refractivity contribution < 1.29 is 23.0 Å². The molecule has 2 aromatic rings. The minimum Gasteiger partial charge on any atom is -0.493 e. The maximum Gasteiger partial charge on any atom is 0.178 e. The van der Waals surface area contributed by atoms with E-state index in [1.807, 2.05) is 30.3 Å². The Morgan fingerprint density at radius 3 is 2.09 bits per heavy atom. The summed E-state index contributed by atoms with van der Waals surface area (Å²) in [6.45, 7) is 2.26. The number of hydrogen-bond donors (Lipinski definition) is 1. The Labute approximate surface area is 212 Å². The highest BCUT2D eigenvalue weighted by molar-refractivity contribution is 8.00. The molecule has 0 spiro atoms. The fourth-order valence-electron chi connectivity index (χ4n) is 4.07. The van der Waals surface area contributed by atoms with Crippen molar-refractivity contribution in [3.05, 3.63) is 65.7 Å². The van der Waals surface area contributed by atoms with E-state index in [0.717, 1.165) is 24.8 Å². The maximum atomic E-state index is 13.1. The second kappa shape index (κ2) is 16.4. The van der Waals surface area contributed by atoms with Crippen molar-refractivity contribution in [2.45, 2.75) is 77.7 Å². The minimum absolute atomic E-state index is 0.0733. The van der Waals surface area contributed by atoms with E-state index < -0.39 is 9.84 Å². The topological polar surface area (TPSA) is 72.8 Å². The average Bonchev–Trinajstić information content (AvgIpc) is 2.87. The Morgan fingerprint density at radius 2 is 1.49 bits per heavy atom. The molecule has 0 saturated heterocycles. The summed E-state index contributed by atoms with van der Waals surface area (Å²) < 4.78 is 37.6. The van der Waals surface area contributed by atoms with Gasteiger partial charge in [0.15, 0.2) is 21.3 Å². The molecule has 0 aromatic heterocycles. The summed E-state index contributed by atoms with van der Waals surface area (Å²) in [5.74, 6) is 1.07. The van der Waals surface area contributed by atoms with Gasteiger partial charge in [0.25, 0.3) is 0 Å². The maximum absolute atomic E-state index is 13.1. The van der Waals surface area contributed by atoms with E-state index in [4.69, 9.17) is 9.47 Å². The molecule has 0 bridgehead atoms. The van der Waals surface area contributed by atoms with Crippen LogP contribution in [0.25, 0.3) is 4.91 Å². The summed E-state index contributed by atoms with van der Waals surface area (Å²) in [5, 5.41) is 9.50. The monoisotopic (exact) mass is 502 g/mol. The van der Waals surface area contributed by atoms with Gasteiger partial charge in [-0.15, -0.1) is 0 Å². The number of sulfone groups is 1. The molecular weight excluding hydrogens is 460 g/mol. The van der Waals surface area contributed by atoms with Crippen LogP contribution in [0.1, 0.15) is 82.3 Å². The number of rotatable bonds is 18. The second-order valence-electron chi connectivity index (χ2n) is 8.89. The van der Waals surface area contributed by atoms with Crippen molar-refractivity contribution in [2.75, 3.05) is 19.5 Å². The first-order chi connectivity index (χ1) is 17.0. The zero-order chi connectivity index (χ0) is 25.4. The molecule has 0 saturated carbocycles. The number of aliphatic hydroxyl groups excluding tert-OH is 1. The molecule has 0 aliphatic rings. The van der Waals surface area contributed by atoms with E-state index in [2.05, 4.69) is 6.92 Å². The fraction of sp³-hybridized carbons (Fsp3) is 0.517. The van der Waals surface area contributed by atoms with Crippen LogP contribution in [0.5, 0.6) is 11.5 Å². The van der Waals surface area contributed by atoms with Gasteiger partial charge < -0.3 is 14.6 Å². The highest BCUT2D eigenvalue weighted by Crippen LogP contribution is 2.33. The summed E-state index contributed by atoms with van der Waals surface area (Å²) in [6.07, 6.45) is 12.8. The van der Waals surface area contributed by atoms with Gasteiger partial charge in [0.05, 0.1) is 24.4 Å². The minimum atomic E-state index is -3.53. The number of aliphatic hydroxyl groups is 1. The molecule has 0 unspecified atom stereocenters. The van der Waals surface area contributed by atoms with Crippen molar-refractivity contribution >= 4 is 14.7 Å². The molecule has 1 N–H and O–H groups in total. The standard InChI is InChI=1S/C29H42O5S/c1-3-4-5-6-7-8-9-10-11-15-22-35(31,32)29(20-21-30)26-18-19-27(28(23-26)33-2)34-24-25-16-13-12-14-17-25/h12-14,16-20,23,30H,3-11,15,21-22,24H2,1-2H3/b29-20+. The Bertz CT molecular complexity index is 983. The van der Waals surface area contributed by atoms with E-state index >= 15 is 0 Å². The summed E-state index contributed by atoms with van der Waals surface area (Å²) in [4.78, 5) is 0.142. The lowest BCUT2D eigenvalue weighted by Crippen LogP contribution is -2.10. The third kappa shape index (κ3) is 10.5. The van der Waals surface area contributed by atoms with E-state index in [-0.39, 0.29) is 17.3 Å². The number of ether oxygens (including phenoxy) is 2. The molecule has 2 aromatic carbocycles. The van der Waals surface area contributed by atoms with Crippen molar-refractivity contribution in [1.82, 2.24) is 0 Å². The highest BCUT2D eigenvalue weighted by atomic mass is 32.2. The quantitative estimate of drug-likeness (QED) is 0.223. The van der Waals surface area contributed by atoms with Crippen LogP contribution in [0.2, 0.25) is 0 Å². The van der Waals surface area contributed by atoms with Gasteiger partial charge >= 0.3 is 0 Å². The Balaban J connectivity index is 1.93. The molecule has 35 heavy (non-hydrogen) atoms. The molecule has 194 valence electrons. The van der Waals surface area contributed by atoms with Gasteiger partial charge in [-0.3, -0.25) is 0 Å². The molecule has 2 rings (SSSR count). The second-order valence-corrected chi connectivity index (χ2v) is 11.0. The zero-order valence-electron chi connectivity index (χ0n) is 21.4. The lowest BCUT2D eigenvalue weighted by molar-refractivity contribution is 0.284. The molecule has 5 nitrogen and oxygen atoms in total. The highest BCUT2D eigenvalue weighted by Gasteiger charge is 2.21. The van der Waals surface area contributed by atoms with Crippen LogP contribution in [0.4, 0.5) is 0 Å². The third-order valence-corrected chi connectivity index (χ3v) is 7.96. The van der Waals surface area contributed by atoms with E-state index in [9.17, 15) is 13.5 Å². The van der Waals surface area contributed by atoms with Gasteiger partial charge in [-0.2, -0.15) is 0 Å². The molecule has 0 heterocycles. The van der Waals surface area contributed by atoms with Crippen molar-refractivity contribution in [3.63, 3.8) is 0 Å². The van der Waals surface area contributed by atoms with Crippen LogP contribution in [0.15, 0.2) is 54.6 Å². The molecule has 0 aliphatic heterocycles. The van der Waals surface area contributed by atoms with Crippen molar-refractivity contribution in [1.29, 1.82) is 0 Å². The SMILES string of the molecule is CCCCCCCCCCCCS(=O)(=O)/C(=C/CO)c1ccc(OCc2ccccc2)c(OC)c1. The molecule has 0 fully saturated rings. The normalized spacial score (nSPS) is 12.0. The lowest BCUT2D eigenvalue weighted by atomic mass is 10.1. The number of hydrogen-bond acceptors (Lipinski definition) is 5. The predicted molar refractivity (Wildman–Crippen MR) is 144 cm³/mol.